The van der Waals surface area contributed by atoms with Crippen molar-refractivity contribution in [3.8, 4) is 0 Å². The zero-order valence-electron chi connectivity index (χ0n) is 16.4. The largest absolute Gasteiger partial charge is 0.466 e. The molecule has 1 atom stereocenters. The minimum atomic E-state index is -0.615. The number of halogens is 2. The number of allylic oxidation sites excluding steroid dienone is 1. The smallest absolute Gasteiger partial charge is 0.335 e. The number of carbonyl (C=O) groups excluding carboxylic acids is 2. The van der Waals surface area contributed by atoms with Gasteiger partial charge >= 0.3 is 11.9 Å². The standard InChI is InChI=1S/C22H20F2N2O4/c1-29-21(27)17-11-20(26-16-9-5-14(24)6-10-16)18(22(28)30-2)12-19(17)25-15-7-3-13(23)4-8-15/h3-11,19,25-26H,12H2,1-2H3. The van der Waals surface area contributed by atoms with Gasteiger partial charge < -0.3 is 20.1 Å². The van der Waals surface area contributed by atoms with E-state index in [0.29, 0.717) is 17.1 Å². The number of anilines is 2. The monoisotopic (exact) mass is 414 g/mol. The van der Waals surface area contributed by atoms with Gasteiger partial charge in [0.15, 0.2) is 0 Å². The summed E-state index contributed by atoms with van der Waals surface area (Å²) in [6.07, 6.45) is 1.60. The van der Waals surface area contributed by atoms with Crippen LogP contribution in [0.1, 0.15) is 6.42 Å². The Morgan fingerprint density at radius 3 is 1.93 bits per heavy atom. The van der Waals surface area contributed by atoms with Crippen molar-refractivity contribution in [2.24, 2.45) is 0 Å². The third kappa shape index (κ3) is 4.83. The molecule has 2 aromatic carbocycles. The van der Waals surface area contributed by atoms with Gasteiger partial charge in [0, 0.05) is 23.5 Å². The fourth-order valence-corrected chi connectivity index (χ4v) is 3.08. The number of methoxy groups -OCH3 is 2. The molecule has 0 bridgehead atoms. The van der Waals surface area contributed by atoms with E-state index in [1.807, 2.05) is 0 Å². The van der Waals surface area contributed by atoms with Gasteiger partial charge in [-0.3, -0.25) is 0 Å². The van der Waals surface area contributed by atoms with Crippen LogP contribution in [0.15, 0.2) is 71.5 Å². The summed E-state index contributed by atoms with van der Waals surface area (Å²) in [4.78, 5) is 24.8. The highest BCUT2D eigenvalue weighted by Gasteiger charge is 2.32. The van der Waals surface area contributed by atoms with Gasteiger partial charge in [-0.1, -0.05) is 0 Å². The van der Waals surface area contributed by atoms with Crippen LogP contribution in [-0.4, -0.2) is 32.2 Å². The van der Waals surface area contributed by atoms with Gasteiger partial charge in [-0.2, -0.15) is 0 Å². The van der Waals surface area contributed by atoms with Crippen LogP contribution in [0.25, 0.3) is 0 Å². The lowest BCUT2D eigenvalue weighted by molar-refractivity contribution is -0.138. The van der Waals surface area contributed by atoms with Crippen LogP contribution in [-0.2, 0) is 19.1 Å². The van der Waals surface area contributed by atoms with E-state index < -0.39 is 29.6 Å². The van der Waals surface area contributed by atoms with E-state index in [4.69, 9.17) is 9.47 Å². The summed E-state index contributed by atoms with van der Waals surface area (Å²) in [5.74, 6) is -1.96. The highest BCUT2D eigenvalue weighted by molar-refractivity contribution is 5.97. The molecular weight excluding hydrogens is 394 g/mol. The molecule has 0 fully saturated rings. The van der Waals surface area contributed by atoms with Crippen molar-refractivity contribution in [2.45, 2.75) is 12.5 Å². The maximum absolute atomic E-state index is 13.2. The Hall–Kier alpha value is -3.68. The van der Waals surface area contributed by atoms with Crippen molar-refractivity contribution in [2.75, 3.05) is 24.9 Å². The Bertz CT molecular complexity index is 999. The van der Waals surface area contributed by atoms with Crippen molar-refractivity contribution in [3.05, 3.63) is 83.1 Å². The molecule has 8 heteroatoms. The van der Waals surface area contributed by atoms with E-state index in [-0.39, 0.29) is 17.6 Å². The molecule has 1 unspecified atom stereocenters. The normalized spacial score (nSPS) is 15.9. The fourth-order valence-electron chi connectivity index (χ4n) is 3.08. The van der Waals surface area contributed by atoms with E-state index in [1.54, 1.807) is 0 Å². The van der Waals surface area contributed by atoms with Crippen molar-refractivity contribution in [1.29, 1.82) is 0 Å². The van der Waals surface area contributed by atoms with Crippen LogP contribution >= 0.6 is 0 Å². The second-order valence-corrected chi connectivity index (χ2v) is 6.51. The van der Waals surface area contributed by atoms with Gasteiger partial charge in [-0.05, 0) is 54.6 Å². The number of esters is 2. The van der Waals surface area contributed by atoms with Crippen molar-refractivity contribution < 1.29 is 27.8 Å². The Morgan fingerprint density at radius 1 is 0.867 bits per heavy atom. The first kappa shape index (κ1) is 21.0. The lowest BCUT2D eigenvalue weighted by atomic mass is 9.90. The Balaban J connectivity index is 1.98. The summed E-state index contributed by atoms with van der Waals surface area (Å²) in [7, 11) is 2.51. The zero-order chi connectivity index (χ0) is 21.7. The predicted molar refractivity (Wildman–Crippen MR) is 108 cm³/mol. The molecule has 156 valence electrons. The average molecular weight is 414 g/mol. The van der Waals surface area contributed by atoms with E-state index in [1.165, 1.54) is 68.8 Å². The van der Waals surface area contributed by atoms with Crippen molar-refractivity contribution in [1.82, 2.24) is 0 Å². The molecule has 0 amide bonds. The topological polar surface area (TPSA) is 76.7 Å². The molecule has 2 aromatic rings. The molecule has 0 saturated carbocycles. The summed E-state index contributed by atoms with van der Waals surface area (Å²) < 4.78 is 36.2. The zero-order valence-corrected chi connectivity index (χ0v) is 16.4. The quantitative estimate of drug-likeness (QED) is 0.701. The van der Waals surface area contributed by atoms with Crippen LogP contribution in [0.4, 0.5) is 20.2 Å². The lowest BCUT2D eigenvalue weighted by Gasteiger charge is -2.28. The second-order valence-electron chi connectivity index (χ2n) is 6.51. The summed E-state index contributed by atoms with van der Waals surface area (Å²) >= 11 is 0. The first-order chi connectivity index (χ1) is 14.4. The minimum absolute atomic E-state index is 0.106. The number of nitrogens with one attached hydrogen (secondary N) is 2. The lowest BCUT2D eigenvalue weighted by Crippen LogP contribution is -2.33. The third-order valence-electron chi connectivity index (χ3n) is 4.57. The molecule has 0 spiro atoms. The minimum Gasteiger partial charge on any atom is -0.466 e. The number of benzene rings is 2. The second kappa shape index (κ2) is 9.21. The molecule has 0 radical (unpaired) electrons. The summed E-state index contributed by atoms with van der Waals surface area (Å²) in [5, 5.41) is 6.14. The Morgan fingerprint density at radius 2 is 1.40 bits per heavy atom. The van der Waals surface area contributed by atoms with E-state index in [0.717, 1.165) is 0 Å². The third-order valence-corrected chi connectivity index (χ3v) is 4.57. The molecule has 2 N–H and O–H groups in total. The van der Waals surface area contributed by atoms with Crippen LogP contribution in [0.3, 0.4) is 0 Å². The molecule has 30 heavy (non-hydrogen) atoms. The highest BCUT2D eigenvalue weighted by Crippen LogP contribution is 2.30. The number of hydrogen-bond donors (Lipinski definition) is 2. The van der Waals surface area contributed by atoms with E-state index in [9.17, 15) is 18.4 Å². The van der Waals surface area contributed by atoms with Crippen LogP contribution in [0.2, 0.25) is 0 Å². The molecule has 1 aliphatic rings. The molecule has 0 heterocycles. The Kier molecular flexibility index (Phi) is 6.46. The molecule has 0 aromatic heterocycles. The highest BCUT2D eigenvalue weighted by atomic mass is 19.1. The number of hydrogen-bond acceptors (Lipinski definition) is 6. The van der Waals surface area contributed by atoms with Gasteiger partial charge in [-0.15, -0.1) is 0 Å². The molecule has 1 aliphatic carbocycles. The SMILES string of the molecule is COC(=O)C1=CC(Nc2ccc(F)cc2)=C(C(=O)OC)CC1Nc1ccc(F)cc1. The summed E-state index contributed by atoms with van der Waals surface area (Å²) in [6, 6.07) is 10.6. The molecule has 0 saturated heterocycles. The van der Waals surface area contributed by atoms with E-state index >= 15 is 0 Å². The number of rotatable bonds is 6. The average Bonchev–Trinajstić information content (AvgIpc) is 2.76. The summed E-state index contributed by atoms with van der Waals surface area (Å²) in [5.41, 5.74) is 1.98. The van der Waals surface area contributed by atoms with Gasteiger partial charge in [0.1, 0.15) is 11.6 Å². The fraction of sp³-hybridized carbons (Fsp3) is 0.182. The Labute approximate surface area is 172 Å². The van der Waals surface area contributed by atoms with Gasteiger partial charge in [0.05, 0.1) is 31.4 Å². The van der Waals surface area contributed by atoms with Crippen molar-refractivity contribution in [3.63, 3.8) is 0 Å². The first-order valence-electron chi connectivity index (χ1n) is 9.07. The first-order valence-corrected chi connectivity index (χ1v) is 9.07. The maximum atomic E-state index is 13.2. The van der Waals surface area contributed by atoms with Gasteiger partial charge in [0.2, 0.25) is 0 Å². The van der Waals surface area contributed by atoms with E-state index in [2.05, 4.69) is 10.6 Å². The summed E-state index contributed by atoms with van der Waals surface area (Å²) in [6.45, 7) is 0. The van der Waals surface area contributed by atoms with Crippen LogP contribution < -0.4 is 10.6 Å². The van der Waals surface area contributed by atoms with Gasteiger partial charge in [0.25, 0.3) is 0 Å². The predicted octanol–water partition coefficient (Wildman–Crippen LogP) is 3.79. The molecule has 3 rings (SSSR count). The molecule has 0 aliphatic heterocycles. The van der Waals surface area contributed by atoms with Crippen LogP contribution in [0.5, 0.6) is 0 Å². The number of ether oxygens (including phenoxy) is 2. The van der Waals surface area contributed by atoms with Crippen molar-refractivity contribution >= 4 is 23.3 Å². The molecular formula is C22H20F2N2O4. The van der Waals surface area contributed by atoms with Gasteiger partial charge in [-0.25, -0.2) is 18.4 Å². The maximum Gasteiger partial charge on any atom is 0.335 e. The molecule has 6 nitrogen and oxygen atoms in total. The van der Waals surface area contributed by atoms with Crippen LogP contribution in [0, 0.1) is 11.6 Å². The number of carbonyl (C=O) groups is 2.